The Labute approximate surface area is 122 Å². The monoisotopic (exact) mass is 286 g/mol. The van der Waals surface area contributed by atoms with E-state index in [0.717, 1.165) is 58.3 Å². The van der Waals surface area contributed by atoms with Gasteiger partial charge < -0.3 is 19.6 Å². The van der Waals surface area contributed by atoms with Crippen LogP contribution in [0.2, 0.25) is 0 Å². The Morgan fingerprint density at radius 2 is 1.80 bits per heavy atom. The molecule has 1 rings (SSSR count). The zero-order chi connectivity index (χ0) is 15.0. The third kappa shape index (κ3) is 5.67. The highest BCUT2D eigenvalue weighted by atomic mass is 16.5. The van der Waals surface area contributed by atoms with Gasteiger partial charge in [-0.1, -0.05) is 13.8 Å². The first-order valence-electron chi connectivity index (χ1n) is 7.88. The maximum Gasteiger partial charge on any atom is 0.407 e. The van der Waals surface area contributed by atoms with Gasteiger partial charge in [0.25, 0.3) is 0 Å². The molecule has 1 saturated carbocycles. The van der Waals surface area contributed by atoms with Gasteiger partial charge in [0.2, 0.25) is 0 Å². The van der Waals surface area contributed by atoms with Gasteiger partial charge in [-0.2, -0.15) is 0 Å². The Balaban J connectivity index is 2.12. The number of nitrogens with zero attached hydrogens (tertiary/aromatic N) is 2. The number of hydrogen-bond acceptors (Lipinski definition) is 3. The summed E-state index contributed by atoms with van der Waals surface area (Å²) >= 11 is 0. The Morgan fingerprint density at radius 3 is 2.30 bits per heavy atom. The lowest BCUT2D eigenvalue weighted by atomic mass is 9.92. The van der Waals surface area contributed by atoms with Crippen molar-refractivity contribution in [3.05, 3.63) is 0 Å². The Kier molecular flexibility index (Phi) is 7.92. The minimum atomic E-state index is -0.825. The van der Waals surface area contributed by atoms with Crippen molar-refractivity contribution in [3.63, 3.8) is 0 Å². The SMILES string of the molecule is CCN(CC)CCCOC1CCC(N(C)C(=O)O)CC1. The van der Waals surface area contributed by atoms with Crippen molar-refractivity contribution in [2.75, 3.05) is 33.3 Å². The fourth-order valence-electron chi connectivity index (χ4n) is 2.83. The van der Waals surface area contributed by atoms with Crippen molar-refractivity contribution in [3.8, 4) is 0 Å². The molecule has 5 nitrogen and oxygen atoms in total. The van der Waals surface area contributed by atoms with Crippen LogP contribution >= 0.6 is 0 Å². The Hall–Kier alpha value is -0.810. The summed E-state index contributed by atoms with van der Waals surface area (Å²) in [5.74, 6) is 0. The standard InChI is InChI=1S/C15H30N2O3/c1-4-17(5-2)11-6-12-20-14-9-7-13(8-10-14)16(3)15(18)19/h13-14H,4-12H2,1-3H3,(H,18,19). The minimum Gasteiger partial charge on any atom is -0.465 e. The van der Waals surface area contributed by atoms with Crippen LogP contribution in [0.25, 0.3) is 0 Å². The third-order valence-corrected chi connectivity index (χ3v) is 4.36. The topological polar surface area (TPSA) is 53.0 Å². The zero-order valence-corrected chi connectivity index (χ0v) is 13.2. The molecule has 5 heteroatoms. The molecule has 1 aliphatic rings. The zero-order valence-electron chi connectivity index (χ0n) is 13.2. The average molecular weight is 286 g/mol. The highest BCUT2D eigenvalue weighted by molar-refractivity contribution is 5.64. The molecular formula is C15H30N2O3. The molecule has 0 aromatic heterocycles. The molecule has 0 bridgehead atoms. The Bertz CT molecular complexity index is 274. The third-order valence-electron chi connectivity index (χ3n) is 4.36. The van der Waals surface area contributed by atoms with Crippen LogP contribution in [0, 0.1) is 0 Å². The van der Waals surface area contributed by atoms with Crippen LogP contribution in [-0.2, 0) is 4.74 Å². The first-order chi connectivity index (χ1) is 9.58. The lowest BCUT2D eigenvalue weighted by molar-refractivity contribution is 0.00818. The van der Waals surface area contributed by atoms with Gasteiger partial charge >= 0.3 is 6.09 Å². The van der Waals surface area contributed by atoms with Crippen LogP contribution in [0.3, 0.4) is 0 Å². The number of carbonyl (C=O) groups is 1. The van der Waals surface area contributed by atoms with Crippen molar-refractivity contribution in [2.24, 2.45) is 0 Å². The van der Waals surface area contributed by atoms with Crippen molar-refractivity contribution in [2.45, 2.75) is 58.1 Å². The Morgan fingerprint density at radius 1 is 1.20 bits per heavy atom. The van der Waals surface area contributed by atoms with Gasteiger partial charge in [-0.3, -0.25) is 0 Å². The van der Waals surface area contributed by atoms with Crippen LogP contribution in [0.1, 0.15) is 46.0 Å². The normalized spacial score (nSPS) is 23.0. The number of rotatable bonds is 8. The van der Waals surface area contributed by atoms with Crippen LogP contribution in [-0.4, -0.2) is 66.4 Å². The number of hydrogen-bond donors (Lipinski definition) is 1. The summed E-state index contributed by atoms with van der Waals surface area (Å²) in [4.78, 5) is 14.7. The predicted octanol–water partition coefficient (Wildman–Crippen LogP) is 2.66. The van der Waals surface area contributed by atoms with E-state index < -0.39 is 6.09 Å². The molecule has 0 saturated heterocycles. The first kappa shape index (κ1) is 17.2. The number of ether oxygens (including phenoxy) is 1. The lowest BCUT2D eigenvalue weighted by Gasteiger charge is -2.33. The minimum absolute atomic E-state index is 0.169. The van der Waals surface area contributed by atoms with Gasteiger partial charge in [-0.15, -0.1) is 0 Å². The highest BCUT2D eigenvalue weighted by Crippen LogP contribution is 2.24. The molecular weight excluding hydrogens is 256 g/mol. The second-order valence-corrected chi connectivity index (χ2v) is 5.58. The summed E-state index contributed by atoms with van der Waals surface area (Å²) in [6.45, 7) is 8.49. The van der Waals surface area contributed by atoms with Crippen LogP contribution in [0.15, 0.2) is 0 Å². The quantitative estimate of drug-likeness (QED) is 0.697. The summed E-state index contributed by atoms with van der Waals surface area (Å²) in [6, 6.07) is 0.169. The van der Waals surface area contributed by atoms with E-state index in [1.165, 1.54) is 4.90 Å². The van der Waals surface area contributed by atoms with Gasteiger partial charge in [0.05, 0.1) is 6.10 Å². The molecule has 118 valence electrons. The molecule has 0 aromatic rings. The van der Waals surface area contributed by atoms with Gasteiger partial charge in [0.1, 0.15) is 0 Å². The molecule has 0 radical (unpaired) electrons. The summed E-state index contributed by atoms with van der Waals surface area (Å²) < 4.78 is 5.92. The summed E-state index contributed by atoms with van der Waals surface area (Å²) in [6.07, 6.45) is 4.38. The summed E-state index contributed by atoms with van der Waals surface area (Å²) in [5.41, 5.74) is 0. The molecule has 1 N–H and O–H groups in total. The molecule has 0 aliphatic heterocycles. The summed E-state index contributed by atoms with van der Waals surface area (Å²) in [7, 11) is 1.66. The molecule has 1 fully saturated rings. The maximum absolute atomic E-state index is 10.9. The van der Waals surface area contributed by atoms with Crippen molar-refractivity contribution in [1.29, 1.82) is 0 Å². The van der Waals surface area contributed by atoms with Crippen LogP contribution in [0.5, 0.6) is 0 Å². The van der Waals surface area contributed by atoms with E-state index in [4.69, 9.17) is 9.84 Å². The van der Waals surface area contributed by atoms with Gasteiger partial charge in [0.15, 0.2) is 0 Å². The van der Waals surface area contributed by atoms with Crippen LogP contribution < -0.4 is 0 Å². The van der Waals surface area contributed by atoms with E-state index in [1.54, 1.807) is 7.05 Å². The fraction of sp³-hybridized carbons (Fsp3) is 0.933. The van der Waals surface area contributed by atoms with Crippen LogP contribution in [0.4, 0.5) is 4.79 Å². The number of amides is 1. The fourth-order valence-corrected chi connectivity index (χ4v) is 2.83. The molecule has 1 amide bonds. The van der Waals surface area contributed by atoms with Crippen molar-refractivity contribution >= 4 is 6.09 Å². The molecule has 0 spiro atoms. The van der Waals surface area contributed by atoms with E-state index >= 15 is 0 Å². The lowest BCUT2D eigenvalue weighted by Crippen LogP contribution is -2.40. The van der Waals surface area contributed by atoms with Crippen molar-refractivity contribution < 1.29 is 14.6 Å². The molecule has 0 heterocycles. The highest BCUT2D eigenvalue weighted by Gasteiger charge is 2.26. The second kappa shape index (κ2) is 9.19. The van der Waals surface area contributed by atoms with E-state index in [-0.39, 0.29) is 6.04 Å². The number of carboxylic acid groups (broad SMARTS) is 1. The van der Waals surface area contributed by atoms with E-state index in [2.05, 4.69) is 18.7 Å². The van der Waals surface area contributed by atoms with Gasteiger partial charge in [-0.05, 0) is 45.2 Å². The average Bonchev–Trinajstić information content (AvgIpc) is 2.47. The molecule has 20 heavy (non-hydrogen) atoms. The molecule has 1 aliphatic carbocycles. The molecule has 0 atom stereocenters. The first-order valence-corrected chi connectivity index (χ1v) is 7.88. The molecule has 0 unspecified atom stereocenters. The van der Waals surface area contributed by atoms with E-state index in [0.29, 0.717) is 6.10 Å². The van der Waals surface area contributed by atoms with Gasteiger partial charge in [-0.25, -0.2) is 4.79 Å². The van der Waals surface area contributed by atoms with Gasteiger partial charge in [0, 0.05) is 26.2 Å². The smallest absolute Gasteiger partial charge is 0.407 e. The van der Waals surface area contributed by atoms with Crippen molar-refractivity contribution in [1.82, 2.24) is 9.80 Å². The molecule has 0 aromatic carbocycles. The van der Waals surface area contributed by atoms with E-state index in [9.17, 15) is 4.79 Å². The summed E-state index contributed by atoms with van der Waals surface area (Å²) in [5, 5.41) is 8.96. The predicted molar refractivity (Wildman–Crippen MR) is 80.2 cm³/mol. The second-order valence-electron chi connectivity index (χ2n) is 5.58. The largest absolute Gasteiger partial charge is 0.465 e. The van der Waals surface area contributed by atoms with E-state index in [1.807, 2.05) is 0 Å². The maximum atomic E-state index is 10.9.